The molecule has 1 aromatic carbocycles. The van der Waals surface area contributed by atoms with Crippen LogP contribution in [0, 0.1) is 0 Å². The number of nitrogens with zero attached hydrogens (tertiary/aromatic N) is 2. The van der Waals surface area contributed by atoms with E-state index in [1.807, 2.05) is 13.0 Å². The SMILES string of the molecule is CCOc1nn(C2CCCC2)cc1CCCOc1cccc(OC(C)(C)C(=O)O)c1.[CaH2]. The van der Waals surface area contributed by atoms with Crippen molar-refractivity contribution in [2.24, 2.45) is 0 Å². The van der Waals surface area contributed by atoms with E-state index in [2.05, 4.69) is 16.0 Å². The second-order valence-electron chi connectivity index (χ2n) is 8.16. The van der Waals surface area contributed by atoms with Crippen molar-refractivity contribution >= 4 is 43.7 Å². The Labute approximate surface area is 214 Å². The third kappa shape index (κ3) is 7.29. The number of aromatic nitrogens is 2. The Bertz CT molecular complexity index is 846. The van der Waals surface area contributed by atoms with Crippen LogP contribution in [0.3, 0.4) is 0 Å². The molecule has 0 bridgehead atoms. The molecule has 0 amide bonds. The van der Waals surface area contributed by atoms with Crippen LogP contribution >= 0.6 is 0 Å². The summed E-state index contributed by atoms with van der Waals surface area (Å²) in [6, 6.07) is 7.57. The summed E-state index contributed by atoms with van der Waals surface area (Å²) in [5.41, 5.74) is -0.180. The summed E-state index contributed by atoms with van der Waals surface area (Å²) in [5, 5.41) is 13.9. The van der Waals surface area contributed by atoms with Crippen LogP contribution in [0.4, 0.5) is 0 Å². The van der Waals surface area contributed by atoms with Gasteiger partial charge in [-0.3, -0.25) is 4.68 Å². The number of aryl methyl sites for hydroxylation is 1. The first-order valence-electron chi connectivity index (χ1n) is 10.7. The molecule has 1 N–H and O–H groups in total. The molecule has 1 aromatic heterocycles. The molecule has 0 spiro atoms. The molecule has 0 saturated heterocycles. The van der Waals surface area contributed by atoms with Gasteiger partial charge in [0.25, 0.3) is 0 Å². The standard InChI is InChI=1S/C23H32N2O5.Ca.2H/c1-4-28-21-17(16-25(24-21)18-10-5-6-11-18)9-8-14-29-19-12-7-13-20(15-19)30-23(2,3)22(26)27;;;/h7,12-13,15-16,18H,4-6,8-11,14H2,1-3H3,(H,26,27);;;. The first-order valence-corrected chi connectivity index (χ1v) is 10.7. The fraction of sp³-hybridized carbons (Fsp3) is 0.565. The van der Waals surface area contributed by atoms with E-state index in [1.54, 1.807) is 18.2 Å². The van der Waals surface area contributed by atoms with Crippen molar-refractivity contribution in [2.75, 3.05) is 13.2 Å². The third-order valence-corrected chi connectivity index (χ3v) is 5.30. The van der Waals surface area contributed by atoms with E-state index >= 15 is 0 Å². The topological polar surface area (TPSA) is 82.8 Å². The third-order valence-electron chi connectivity index (χ3n) is 5.30. The molecule has 1 heterocycles. The average molecular weight is 459 g/mol. The molecule has 31 heavy (non-hydrogen) atoms. The molecule has 0 atom stereocenters. The summed E-state index contributed by atoms with van der Waals surface area (Å²) < 4.78 is 19.2. The number of carbonyl (C=O) groups is 1. The predicted molar refractivity (Wildman–Crippen MR) is 122 cm³/mol. The fourth-order valence-electron chi connectivity index (χ4n) is 3.62. The predicted octanol–water partition coefficient (Wildman–Crippen LogP) is 3.73. The molecular weight excluding hydrogens is 424 g/mol. The number of carboxylic acids is 1. The van der Waals surface area contributed by atoms with Crippen molar-refractivity contribution < 1.29 is 24.1 Å². The van der Waals surface area contributed by atoms with Gasteiger partial charge in [-0.15, -0.1) is 5.10 Å². The molecule has 0 unspecified atom stereocenters. The van der Waals surface area contributed by atoms with Crippen molar-refractivity contribution in [3.05, 3.63) is 36.0 Å². The molecule has 2 aromatic rings. The maximum absolute atomic E-state index is 11.2. The number of benzene rings is 1. The van der Waals surface area contributed by atoms with Crippen LogP contribution in [-0.4, -0.2) is 77.4 Å². The molecule has 1 fully saturated rings. The van der Waals surface area contributed by atoms with Gasteiger partial charge in [-0.1, -0.05) is 18.9 Å². The van der Waals surface area contributed by atoms with E-state index < -0.39 is 11.6 Å². The van der Waals surface area contributed by atoms with E-state index in [0.29, 0.717) is 30.8 Å². The normalized spacial score (nSPS) is 14.2. The summed E-state index contributed by atoms with van der Waals surface area (Å²) in [4.78, 5) is 11.2. The molecule has 3 rings (SSSR count). The number of hydrogen-bond donors (Lipinski definition) is 1. The van der Waals surface area contributed by atoms with Crippen molar-refractivity contribution in [3.63, 3.8) is 0 Å². The number of carboxylic acid groups (broad SMARTS) is 1. The van der Waals surface area contributed by atoms with Crippen LogP contribution < -0.4 is 14.2 Å². The number of rotatable bonds is 11. The Morgan fingerprint density at radius 2 is 1.94 bits per heavy atom. The van der Waals surface area contributed by atoms with E-state index in [4.69, 9.17) is 14.2 Å². The zero-order valence-corrected chi connectivity index (χ0v) is 18.1. The van der Waals surface area contributed by atoms with E-state index in [-0.39, 0.29) is 37.7 Å². The second kappa shape index (κ2) is 12.0. The summed E-state index contributed by atoms with van der Waals surface area (Å²) in [5.74, 6) is 0.838. The number of hydrogen-bond acceptors (Lipinski definition) is 5. The Balaban J connectivity index is 0.00000341. The Morgan fingerprint density at radius 1 is 1.23 bits per heavy atom. The van der Waals surface area contributed by atoms with Gasteiger partial charge >= 0.3 is 43.7 Å². The fourth-order valence-corrected chi connectivity index (χ4v) is 3.62. The summed E-state index contributed by atoms with van der Waals surface area (Å²) in [6.07, 6.45) is 8.68. The summed E-state index contributed by atoms with van der Waals surface area (Å²) in [6.45, 7) is 6.15. The summed E-state index contributed by atoms with van der Waals surface area (Å²) >= 11 is 0. The van der Waals surface area contributed by atoms with E-state index in [0.717, 1.165) is 24.3 Å². The van der Waals surface area contributed by atoms with Gasteiger partial charge in [-0.2, -0.15) is 0 Å². The minimum atomic E-state index is -1.30. The van der Waals surface area contributed by atoms with Crippen molar-refractivity contribution in [3.8, 4) is 17.4 Å². The van der Waals surface area contributed by atoms with Crippen LogP contribution in [0.15, 0.2) is 30.5 Å². The molecule has 168 valence electrons. The minimum absolute atomic E-state index is 0. The Kier molecular flexibility index (Phi) is 9.97. The van der Waals surface area contributed by atoms with E-state index in [1.165, 1.54) is 39.5 Å². The molecule has 7 nitrogen and oxygen atoms in total. The average Bonchev–Trinajstić information content (AvgIpc) is 3.35. The molecule has 1 saturated carbocycles. The Hall–Kier alpha value is -1.44. The van der Waals surface area contributed by atoms with Crippen LogP contribution in [0.5, 0.6) is 17.4 Å². The van der Waals surface area contributed by atoms with E-state index in [9.17, 15) is 9.90 Å². The van der Waals surface area contributed by atoms with Crippen molar-refractivity contribution in [2.45, 2.75) is 70.9 Å². The van der Waals surface area contributed by atoms with Gasteiger partial charge in [-0.05, 0) is 58.6 Å². The first kappa shape index (κ1) is 25.8. The van der Waals surface area contributed by atoms with Gasteiger partial charge in [0, 0.05) is 17.8 Å². The number of aliphatic carboxylic acids is 1. The molecular formula is C23H34CaN2O5. The van der Waals surface area contributed by atoms with Gasteiger partial charge in [0.05, 0.1) is 19.3 Å². The number of ether oxygens (including phenoxy) is 3. The zero-order valence-electron chi connectivity index (χ0n) is 18.1. The van der Waals surface area contributed by atoms with Gasteiger partial charge in [0.1, 0.15) is 11.5 Å². The first-order chi connectivity index (χ1) is 14.4. The maximum atomic E-state index is 11.2. The molecule has 1 aliphatic rings. The van der Waals surface area contributed by atoms with Gasteiger partial charge in [0.2, 0.25) is 5.88 Å². The Morgan fingerprint density at radius 3 is 2.61 bits per heavy atom. The molecule has 1 aliphatic carbocycles. The zero-order chi connectivity index (χ0) is 21.6. The molecule has 8 heteroatoms. The monoisotopic (exact) mass is 458 g/mol. The van der Waals surface area contributed by atoms with Crippen molar-refractivity contribution in [1.82, 2.24) is 9.78 Å². The van der Waals surface area contributed by atoms with Crippen molar-refractivity contribution in [1.29, 1.82) is 0 Å². The molecule has 0 radical (unpaired) electrons. The van der Waals surface area contributed by atoms with Gasteiger partial charge < -0.3 is 19.3 Å². The molecule has 0 aliphatic heterocycles. The van der Waals surface area contributed by atoms with Gasteiger partial charge in [0.15, 0.2) is 5.60 Å². The van der Waals surface area contributed by atoms with Crippen LogP contribution in [0.25, 0.3) is 0 Å². The summed E-state index contributed by atoms with van der Waals surface area (Å²) in [7, 11) is 0. The second-order valence-corrected chi connectivity index (χ2v) is 8.16. The van der Waals surface area contributed by atoms with Crippen LogP contribution in [0.1, 0.15) is 64.5 Å². The van der Waals surface area contributed by atoms with Gasteiger partial charge in [-0.25, -0.2) is 4.79 Å². The quantitative estimate of drug-likeness (QED) is 0.408. The van der Waals surface area contributed by atoms with Crippen LogP contribution in [-0.2, 0) is 11.2 Å². The van der Waals surface area contributed by atoms with Crippen LogP contribution in [0.2, 0.25) is 0 Å².